The molecular formula is C22H27N5O2S. The molecule has 0 aromatic heterocycles. The van der Waals surface area contributed by atoms with Crippen molar-refractivity contribution in [3.63, 3.8) is 0 Å². The Morgan fingerprint density at radius 1 is 1.10 bits per heavy atom. The Hall–Kier alpha value is -2.42. The number of hydrogen-bond donors (Lipinski definition) is 2. The molecule has 2 aromatic rings. The molecule has 1 saturated heterocycles. The average Bonchev–Trinajstić information content (AvgIpc) is 3.28. The Balaban J connectivity index is 1.84. The van der Waals surface area contributed by atoms with Crippen molar-refractivity contribution in [2.24, 2.45) is 20.4 Å². The predicted octanol–water partition coefficient (Wildman–Crippen LogP) is 3.59. The second kappa shape index (κ2) is 8.75. The maximum Gasteiger partial charge on any atom is 0.239 e. The molecule has 0 atom stereocenters. The summed E-state index contributed by atoms with van der Waals surface area (Å²) in [5.74, 6) is 0.883. The van der Waals surface area contributed by atoms with E-state index in [0.717, 1.165) is 43.5 Å². The molecule has 30 heavy (non-hydrogen) atoms. The number of rotatable bonds is 6. The Labute approximate surface area is 177 Å². The molecular weight excluding hydrogens is 398 g/mol. The van der Waals surface area contributed by atoms with Gasteiger partial charge in [0.1, 0.15) is 0 Å². The van der Waals surface area contributed by atoms with Crippen LogP contribution in [0.3, 0.4) is 0 Å². The number of nitrogens with two attached hydrogens (primary N) is 1. The first-order chi connectivity index (χ1) is 14.5. The highest BCUT2D eigenvalue weighted by atomic mass is 32.2. The summed E-state index contributed by atoms with van der Waals surface area (Å²) in [5, 5.41) is 17.1. The normalized spacial score (nSPS) is 17.3. The highest BCUT2D eigenvalue weighted by molar-refractivity contribution is 7.89. The van der Waals surface area contributed by atoms with E-state index >= 15 is 0 Å². The van der Waals surface area contributed by atoms with Gasteiger partial charge in [0.2, 0.25) is 10.0 Å². The van der Waals surface area contributed by atoms with Crippen LogP contribution in [0.4, 0.5) is 0 Å². The lowest BCUT2D eigenvalue weighted by Gasteiger charge is -2.23. The van der Waals surface area contributed by atoms with Gasteiger partial charge in [-0.05, 0) is 60.5 Å². The van der Waals surface area contributed by atoms with Crippen molar-refractivity contribution < 1.29 is 8.42 Å². The molecule has 2 aliphatic rings. The van der Waals surface area contributed by atoms with Gasteiger partial charge in [0.25, 0.3) is 0 Å². The van der Waals surface area contributed by atoms with Crippen LogP contribution >= 0.6 is 0 Å². The SMILES string of the molecule is CCCc1ccc(-c2ccc(C3CCNCC3)cc2)c(C2=NCN=N2)c1S(N)(=O)=O. The summed E-state index contributed by atoms with van der Waals surface area (Å²) in [4.78, 5) is 4.43. The summed E-state index contributed by atoms with van der Waals surface area (Å²) in [7, 11) is -3.97. The smallest absolute Gasteiger partial charge is 0.239 e. The van der Waals surface area contributed by atoms with E-state index in [4.69, 9.17) is 5.14 Å². The van der Waals surface area contributed by atoms with Crippen LogP contribution in [-0.2, 0) is 16.4 Å². The number of sulfonamides is 1. The number of benzene rings is 2. The number of piperidine rings is 1. The summed E-state index contributed by atoms with van der Waals surface area (Å²) in [6.45, 7) is 4.29. The third-order valence-corrected chi connectivity index (χ3v) is 6.78. The van der Waals surface area contributed by atoms with Crippen molar-refractivity contribution in [3.05, 3.63) is 53.1 Å². The van der Waals surface area contributed by atoms with Crippen LogP contribution in [0.5, 0.6) is 0 Å². The summed E-state index contributed by atoms with van der Waals surface area (Å²) in [6.07, 6.45) is 3.67. The van der Waals surface area contributed by atoms with Crippen LogP contribution in [0.15, 0.2) is 56.5 Å². The molecule has 2 aromatic carbocycles. The first kappa shape index (κ1) is 20.8. The van der Waals surface area contributed by atoms with Gasteiger partial charge in [0, 0.05) is 5.56 Å². The molecule has 0 saturated carbocycles. The molecule has 0 bridgehead atoms. The van der Waals surface area contributed by atoms with Gasteiger partial charge in [0.15, 0.2) is 12.5 Å². The zero-order valence-corrected chi connectivity index (χ0v) is 18.0. The van der Waals surface area contributed by atoms with E-state index in [1.807, 2.05) is 19.1 Å². The molecule has 4 rings (SSSR count). The number of hydrogen-bond acceptors (Lipinski definition) is 6. The molecule has 0 amide bonds. The molecule has 1 fully saturated rings. The Bertz CT molecular complexity index is 1090. The van der Waals surface area contributed by atoms with E-state index in [9.17, 15) is 8.42 Å². The molecule has 0 spiro atoms. The van der Waals surface area contributed by atoms with Gasteiger partial charge in [-0.25, -0.2) is 18.5 Å². The number of azo groups is 1. The maximum absolute atomic E-state index is 12.6. The molecule has 2 aliphatic heterocycles. The first-order valence-electron chi connectivity index (χ1n) is 10.4. The predicted molar refractivity (Wildman–Crippen MR) is 118 cm³/mol. The number of nitrogens with zero attached hydrogens (tertiary/aromatic N) is 3. The van der Waals surface area contributed by atoms with E-state index in [2.05, 4.69) is 44.8 Å². The van der Waals surface area contributed by atoms with Crippen molar-refractivity contribution in [2.45, 2.75) is 43.4 Å². The molecule has 0 unspecified atom stereocenters. The minimum atomic E-state index is -3.97. The fraction of sp³-hybridized carbons (Fsp3) is 0.409. The maximum atomic E-state index is 12.6. The van der Waals surface area contributed by atoms with Crippen LogP contribution in [0.1, 0.15) is 48.8 Å². The van der Waals surface area contributed by atoms with E-state index in [0.29, 0.717) is 29.3 Å². The highest BCUT2D eigenvalue weighted by Crippen LogP contribution is 2.35. The van der Waals surface area contributed by atoms with Gasteiger partial charge in [-0.15, -0.1) is 5.11 Å². The number of nitrogens with one attached hydrogen (secondary N) is 1. The third-order valence-electron chi connectivity index (χ3n) is 5.75. The van der Waals surface area contributed by atoms with Crippen LogP contribution in [0.2, 0.25) is 0 Å². The summed E-state index contributed by atoms with van der Waals surface area (Å²) < 4.78 is 25.2. The Morgan fingerprint density at radius 3 is 2.43 bits per heavy atom. The highest BCUT2D eigenvalue weighted by Gasteiger charge is 2.27. The second-order valence-corrected chi connectivity index (χ2v) is 9.28. The average molecular weight is 426 g/mol. The zero-order chi connectivity index (χ0) is 21.1. The van der Waals surface area contributed by atoms with Crippen LogP contribution < -0.4 is 10.5 Å². The van der Waals surface area contributed by atoms with E-state index in [1.54, 1.807) is 0 Å². The van der Waals surface area contributed by atoms with E-state index < -0.39 is 10.0 Å². The topological polar surface area (TPSA) is 109 Å². The quantitative estimate of drug-likeness (QED) is 0.738. The van der Waals surface area contributed by atoms with E-state index in [1.165, 1.54) is 5.56 Å². The zero-order valence-electron chi connectivity index (χ0n) is 17.1. The summed E-state index contributed by atoms with van der Waals surface area (Å²) >= 11 is 0. The van der Waals surface area contributed by atoms with Crippen LogP contribution in [0, 0.1) is 0 Å². The lowest BCUT2D eigenvalue weighted by molar-refractivity contribution is 0.460. The molecule has 7 nitrogen and oxygen atoms in total. The fourth-order valence-electron chi connectivity index (χ4n) is 4.33. The molecule has 8 heteroatoms. The number of amidine groups is 1. The van der Waals surface area contributed by atoms with E-state index in [-0.39, 0.29) is 11.6 Å². The summed E-state index contributed by atoms with van der Waals surface area (Å²) in [5.41, 5.74) is 4.14. The van der Waals surface area contributed by atoms with Crippen molar-refractivity contribution in [1.29, 1.82) is 0 Å². The third kappa shape index (κ3) is 4.21. The lowest BCUT2D eigenvalue weighted by Crippen LogP contribution is -2.26. The van der Waals surface area contributed by atoms with Crippen LogP contribution in [-0.4, -0.2) is 34.0 Å². The van der Waals surface area contributed by atoms with Crippen LogP contribution in [0.25, 0.3) is 11.1 Å². The fourth-order valence-corrected chi connectivity index (χ4v) is 5.35. The Morgan fingerprint density at radius 2 is 1.83 bits per heavy atom. The molecule has 158 valence electrons. The number of primary sulfonamides is 1. The summed E-state index contributed by atoms with van der Waals surface area (Å²) in [6, 6.07) is 12.2. The van der Waals surface area contributed by atoms with Gasteiger partial charge in [-0.2, -0.15) is 5.11 Å². The number of aryl methyl sites for hydroxylation is 1. The molecule has 3 N–H and O–H groups in total. The van der Waals surface area contributed by atoms with Gasteiger partial charge < -0.3 is 5.32 Å². The number of aliphatic imine (C=N–C) groups is 1. The monoisotopic (exact) mass is 425 g/mol. The minimum absolute atomic E-state index is 0.115. The van der Waals surface area contributed by atoms with Crippen molar-refractivity contribution in [1.82, 2.24) is 5.32 Å². The largest absolute Gasteiger partial charge is 0.317 e. The van der Waals surface area contributed by atoms with Crippen molar-refractivity contribution in [3.8, 4) is 11.1 Å². The van der Waals surface area contributed by atoms with Crippen molar-refractivity contribution >= 4 is 15.9 Å². The first-order valence-corrected chi connectivity index (χ1v) is 12.0. The minimum Gasteiger partial charge on any atom is -0.317 e. The lowest BCUT2D eigenvalue weighted by atomic mass is 9.88. The molecule has 0 radical (unpaired) electrons. The van der Waals surface area contributed by atoms with Gasteiger partial charge in [0.05, 0.1) is 4.90 Å². The molecule has 0 aliphatic carbocycles. The molecule has 2 heterocycles. The van der Waals surface area contributed by atoms with Gasteiger partial charge in [-0.3, -0.25) is 0 Å². The van der Waals surface area contributed by atoms with Gasteiger partial charge in [-0.1, -0.05) is 49.7 Å². The standard InChI is InChI=1S/C22H27N5O2S/c1-2-3-18-8-9-19(20(21(18)30(23,28)29)22-25-14-26-27-22)17-6-4-15(5-7-17)16-10-12-24-13-11-16/h4-9,16,24H,2-3,10-14H2,1H3,(H2,23,28,29). The van der Waals surface area contributed by atoms with Gasteiger partial charge >= 0.3 is 0 Å². The second-order valence-electron chi connectivity index (χ2n) is 7.78. The van der Waals surface area contributed by atoms with Crippen molar-refractivity contribution in [2.75, 3.05) is 19.8 Å². The Kier molecular flexibility index (Phi) is 6.08.